The van der Waals surface area contributed by atoms with Crippen molar-refractivity contribution in [1.29, 1.82) is 0 Å². The highest BCUT2D eigenvalue weighted by Crippen LogP contribution is 2.27. The standard InChI is InChI=1S/C17H17N3S/c1-13-7-8-14(18)11-17(13)21-12-15-9-10-20(19-15)16-5-3-2-4-6-16/h2-11H,12,18H2,1H3. The summed E-state index contributed by atoms with van der Waals surface area (Å²) < 4.78 is 1.90. The third kappa shape index (κ3) is 3.28. The first-order chi connectivity index (χ1) is 10.2. The zero-order valence-corrected chi connectivity index (χ0v) is 12.7. The third-order valence-corrected chi connectivity index (χ3v) is 4.44. The molecular weight excluding hydrogens is 278 g/mol. The highest BCUT2D eigenvalue weighted by Gasteiger charge is 2.04. The van der Waals surface area contributed by atoms with Gasteiger partial charge < -0.3 is 5.73 Å². The Bertz CT molecular complexity index is 735. The van der Waals surface area contributed by atoms with E-state index >= 15 is 0 Å². The summed E-state index contributed by atoms with van der Waals surface area (Å²) in [5, 5.41) is 4.61. The quantitative estimate of drug-likeness (QED) is 0.583. The molecule has 106 valence electrons. The fourth-order valence-corrected chi connectivity index (χ4v) is 3.06. The first-order valence-electron chi connectivity index (χ1n) is 6.81. The van der Waals surface area contributed by atoms with E-state index in [1.54, 1.807) is 11.8 Å². The molecule has 2 aromatic carbocycles. The molecule has 0 aliphatic rings. The number of aryl methyl sites for hydroxylation is 1. The van der Waals surface area contributed by atoms with Crippen LogP contribution in [0.4, 0.5) is 5.69 Å². The molecule has 21 heavy (non-hydrogen) atoms. The van der Waals surface area contributed by atoms with Crippen molar-refractivity contribution in [2.75, 3.05) is 5.73 Å². The lowest BCUT2D eigenvalue weighted by Crippen LogP contribution is -1.95. The lowest BCUT2D eigenvalue weighted by molar-refractivity contribution is 0.859. The Morgan fingerprint density at radius 1 is 1.10 bits per heavy atom. The second-order valence-electron chi connectivity index (χ2n) is 4.90. The number of hydrogen-bond acceptors (Lipinski definition) is 3. The largest absolute Gasteiger partial charge is 0.399 e. The molecular formula is C17H17N3S. The number of benzene rings is 2. The zero-order valence-electron chi connectivity index (χ0n) is 11.9. The molecule has 0 aliphatic heterocycles. The van der Waals surface area contributed by atoms with Crippen LogP contribution in [0.25, 0.3) is 5.69 Å². The number of aromatic nitrogens is 2. The summed E-state index contributed by atoms with van der Waals surface area (Å²) in [6.07, 6.45) is 2.00. The molecule has 0 bridgehead atoms. The normalized spacial score (nSPS) is 10.7. The molecule has 0 saturated heterocycles. The van der Waals surface area contributed by atoms with Crippen molar-refractivity contribution in [3.05, 3.63) is 72.1 Å². The molecule has 0 amide bonds. The molecule has 0 fully saturated rings. The van der Waals surface area contributed by atoms with Gasteiger partial charge in [-0.25, -0.2) is 4.68 Å². The van der Waals surface area contributed by atoms with E-state index in [2.05, 4.69) is 24.2 Å². The topological polar surface area (TPSA) is 43.8 Å². The fraction of sp³-hybridized carbons (Fsp3) is 0.118. The summed E-state index contributed by atoms with van der Waals surface area (Å²) in [7, 11) is 0. The molecule has 1 aromatic heterocycles. The van der Waals surface area contributed by atoms with Crippen LogP contribution >= 0.6 is 11.8 Å². The maximum absolute atomic E-state index is 5.84. The van der Waals surface area contributed by atoms with Gasteiger partial charge in [0.15, 0.2) is 0 Å². The molecule has 3 aromatic rings. The predicted molar refractivity (Wildman–Crippen MR) is 88.7 cm³/mol. The molecule has 0 unspecified atom stereocenters. The van der Waals surface area contributed by atoms with Crippen LogP contribution in [0.5, 0.6) is 0 Å². The number of nitrogens with zero attached hydrogens (tertiary/aromatic N) is 2. The first kappa shape index (κ1) is 13.8. The minimum Gasteiger partial charge on any atom is -0.399 e. The highest BCUT2D eigenvalue weighted by atomic mass is 32.2. The molecule has 2 N–H and O–H groups in total. The van der Waals surface area contributed by atoms with E-state index in [9.17, 15) is 0 Å². The minimum absolute atomic E-state index is 0.804. The van der Waals surface area contributed by atoms with Gasteiger partial charge in [0.1, 0.15) is 0 Å². The van der Waals surface area contributed by atoms with Crippen LogP contribution in [0.15, 0.2) is 65.7 Å². The number of para-hydroxylation sites is 1. The number of rotatable bonds is 4. The van der Waals surface area contributed by atoms with Gasteiger partial charge in [0.2, 0.25) is 0 Å². The van der Waals surface area contributed by atoms with Crippen LogP contribution in [-0.4, -0.2) is 9.78 Å². The second kappa shape index (κ2) is 6.06. The van der Waals surface area contributed by atoms with Gasteiger partial charge >= 0.3 is 0 Å². The number of hydrogen-bond donors (Lipinski definition) is 1. The molecule has 0 atom stereocenters. The van der Waals surface area contributed by atoms with Gasteiger partial charge in [-0.05, 0) is 42.8 Å². The number of nitrogen functional groups attached to an aromatic ring is 1. The molecule has 0 saturated carbocycles. The second-order valence-corrected chi connectivity index (χ2v) is 5.92. The van der Waals surface area contributed by atoms with E-state index in [-0.39, 0.29) is 0 Å². The Hall–Kier alpha value is -2.20. The average Bonchev–Trinajstić information content (AvgIpc) is 2.98. The van der Waals surface area contributed by atoms with Crippen LogP contribution in [0.3, 0.4) is 0 Å². The van der Waals surface area contributed by atoms with Crippen LogP contribution < -0.4 is 5.73 Å². The van der Waals surface area contributed by atoms with Crippen molar-refractivity contribution in [1.82, 2.24) is 9.78 Å². The Labute approximate surface area is 128 Å². The lowest BCUT2D eigenvalue weighted by atomic mass is 10.2. The third-order valence-electron chi connectivity index (χ3n) is 3.25. The summed E-state index contributed by atoms with van der Waals surface area (Å²) in [6.45, 7) is 2.10. The van der Waals surface area contributed by atoms with Crippen molar-refractivity contribution in [2.24, 2.45) is 0 Å². The van der Waals surface area contributed by atoms with E-state index in [0.717, 1.165) is 22.8 Å². The smallest absolute Gasteiger partial charge is 0.0731 e. The van der Waals surface area contributed by atoms with Crippen molar-refractivity contribution in [2.45, 2.75) is 17.6 Å². The Morgan fingerprint density at radius 2 is 1.90 bits per heavy atom. The van der Waals surface area contributed by atoms with Crippen molar-refractivity contribution in [3.8, 4) is 5.69 Å². The van der Waals surface area contributed by atoms with E-state index in [4.69, 9.17) is 5.73 Å². The van der Waals surface area contributed by atoms with Crippen molar-refractivity contribution in [3.63, 3.8) is 0 Å². The number of nitrogens with two attached hydrogens (primary N) is 1. The van der Waals surface area contributed by atoms with Crippen molar-refractivity contribution >= 4 is 17.4 Å². The average molecular weight is 295 g/mol. The van der Waals surface area contributed by atoms with Crippen LogP contribution in [0, 0.1) is 6.92 Å². The SMILES string of the molecule is Cc1ccc(N)cc1SCc1ccn(-c2ccccc2)n1. The van der Waals surface area contributed by atoms with Crippen LogP contribution in [0.1, 0.15) is 11.3 Å². The number of anilines is 1. The maximum atomic E-state index is 5.84. The maximum Gasteiger partial charge on any atom is 0.0731 e. The Balaban J connectivity index is 1.72. The van der Waals surface area contributed by atoms with Gasteiger partial charge in [0.25, 0.3) is 0 Å². The predicted octanol–water partition coefficient (Wildman–Crippen LogP) is 4.06. The zero-order chi connectivity index (χ0) is 14.7. The lowest BCUT2D eigenvalue weighted by Gasteiger charge is -2.05. The molecule has 1 heterocycles. The summed E-state index contributed by atoms with van der Waals surface area (Å²) in [6, 6.07) is 18.2. The van der Waals surface area contributed by atoms with Gasteiger partial charge in [-0.15, -0.1) is 11.8 Å². The molecule has 3 nitrogen and oxygen atoms in total. The Morgan fingerprint density at radius 3 is 2.71 bits per heavy atom. The van der Waals surface area contributed by atoms with Gasteiger partial charge in [0.05, 0.1) is 11.4 Å². The fourth-order valence-electron chi connectivity index (χ4n) is 2.09. The van der Waals surface area contributed by atoms with E-state index in [0.29, 0.717) is 0 Å². The Kier molecular flexibility index (Phi) is 3.97. The summed E-state index contributed by atoms with van der Waals surface area (Å²) in [4.78, 5) is 1.21. The van der Waals surface area contributed by atoms with E-state index in [1.807, 2.05) is 53.3 Å². The van der Waals surface area contributed by atoms with Gasteiger partial charge in [0, 0.05) is 22.5 Å². The van der Waals surface area contributed by atoms with E-state index in [1.165, 1.54) is 10.5 Å². The summed E-state index contributed by atoms with van der Waals surface area (Å²) in [5.41, 5.74) is 10.0. The van der Waals surface area contributed by atoms with E-state index < -0.39 is 0 Å². The summed E-state index contributed by atoms with van der Waals surface area (Å²) in [5.74, 6) is 0.837. The van der Waals surface area contributed by atoms with Gasteiger partial charge in [-0.1, -0.05) is 24.3 Å². The van der Waals surface area contributed by atoms with Gasteiger partial charge in [-0.2, -0.15) is 5.10 Å². The van der Waals surface area contributed by atoms with Crippen LogP contribution in [-0.2, 0) is 5.75 Å². The first-order valence-corrected chi connectivity index (χ1v) is 7.80. The molecule has 0 radical (unpaired) electrons. The molecule has 3 rings (SSSR count). The van der Waals surface area contributed by atoms with Gasteiger partial charge in [-0.3, -0.25) is 0 Å². The number of thioether (sulfide) groups is 1. The minimum atomic E-state index is 0.804. The van der Waals surface area contributed by atoms with Crippen molar-refractivity contribution < 1.29 is 0 Å². The van der Waals surface area contributed by atoms with Crippen LogP contribution in [0.2, 0.25) is 0 Å². The molecule has 0 spiro atoms. The summed E-state index contributed by atoms with van der Waals surface area (Å²) >= 11 is 1.77. The molecule has 0 aliphatic carbocycles. The monoisotopic (exact) mass is 295 g/mol. The highest BCUT2D eigenvalue weighted by molar-refractivity contribution is 7.98. The molecule has 4 heteroatoms.